The number of rotatable bonds is 7. The fourth-order valence-corrected chi connectivity index (χ4v) is 4.48. The van der Waals surface area contributed by atoms with Crippen molar-refractivity contribution < 1.29 is 14.3 Å². The van der Waals surface area contributed by atoms with Crippen molar-refractivity contribution in [2.45, 2.75) is 20.3 Å². The molecule has 0 aliphatic heterocycles. The molecule has 4 aromatic rings. The molecule has 0 unspecified atom stereocenters. The highest BCUT2D eigenvalue weighted by molar-refractivity contribution is 7.22. The van der Waals surface area contributed by atoms with Crippen LogP contribution >= 0.6 is 22.7 Å². The van der Waals surface area contributed by atoms with Crippen LogP contribution < -0.4 is 15.4 Å². The summed E-state index contributed by atoms with van der Waals surface area (Å²) in [5.74, 6) is 0.330. The first-order chi connectivity index (χ1) is 15.0. The van der Waals surface area contributed by atoms with Crippen molar-refractivity contribution in [2.75, 3.05) is 17.2 Å². The number of nitrogens with zero attached hydrogens (tertiary/aromatic N) is 2. The second-order valence-electron chi connectivity index (χ2n) is 6.77. The lowest BCUT2D eigenvalue weighted by Gasteiger charge is -2.02. The third kappa shape index (κ3) is 5.25. The van der Waals surface area contributed by atoms with Crippen LogP contribution in [0, 0.1) is 6.92 Å². The first-order valence-corrected chi connectivity index (χ1v) is 11.4. The Hall–Kier alpha value is -3.30. The van der Waals surface area contributed by atoms with Crippen LogP contribution in [-0.2, 0) is 11.2 Å². The summed E-state index contributed by atoms with van der Waals surface area (Å²) >= 11 is 2.67. The van der Waals surface area contributed by atoms with E-state index in [4.69, 9.17) is 4.74 Å². The van der Waals surface area contributed by atoms with E-state index < -0.39 is 0 Å². The number of nitrogens with one attached hydrogen (secondary N) is 2. The van der Waals surface area contributed by atoms with E-state index in [-0.39, 0.29) is 18.2 Å². The van der Waals surface area contributed by atoms with Gasteiger partial charge >= 0.3 is 0 Å². The fourth-order valence-electron chi connectivity index (χ4n) is 2.86. The summed E-state index contributed by atoms with van der Waals surface area (Å²) in [5, 5.41) is 8.33. The second kappa shape index (κ2) is 9.23. The van der Waals surface area contributed by atoms with Crippen LogP contribution in [0.25, 0.3) is 10.2 Å². The number of anilines is 2. The number of aryl methyl sites for hydroxylation is 1. The zero-order chi connectivity index (χ0) is 21.8. The molecule has 4 rings (SSSR count). The molecule has 0 aliphatic carbocycles. The van der Waals surface area contributed by atoms with Crippen LogP contribution in [0.1, 0.15) is 28.5 Å². The van der Waals surface area contributed by atoms with Gasteiger partial charge in [-0.05, 0) is 44.2 Å². The van der Waals surface area contributed by atoms with E-state index in [1.165, 1.54) is 22.7 Å². The van der Waals surface area contributed by atoms with Gasteiger partial charge in [0.2, 0.25) is 5.91 Å². The molecular formula is C22H20N4O3S2. The van der Waals surface area contributed by atoms with Gasteiger partial charge in [-0.1, -0.05) is 29.0 Å². The standard InChI is InChI=1S/C22H20N4O3S2/c1-3-29-16-8-9-17-18(11-16)31-22(24-17)25-19(27)10-15-12-30-21(23-15)26-20(28)14-6-4-13(2)5-7-14/h4-9,11-12H,3,10H2,1-2H3,(H,23,26,28)(H,24,25,27). The summed E-state index contributed by atoms with van der Waals surface area (Å²) in [6.07, 6.45) is 0.0943. The number of amides is 2. The highest BCUT2D eigenvalue weighted by Crippen LogP contribution is 2.29. The lowest BCUT2D eigenvalue weighted by molar-refractivity contribution is -0.115. The van der Waals surface area contributed by atoms with Gasteiger partial charge in [-0.3, -0.25) is 14.9 Å². The molecule has 0 spiro atoms. The van der Waals surface area contributed by atoms with Gasteiger partial charge in [0.15, 0.2) is 10.3 Å². The summed E-state index contributed by atoms with van der Waals surface area (Å²) < 4.78 is 6.44. The van der Waals surface area contributed by atoms with Gasteiger partial charge in [0, 0.05) is 10.9 Å². The van der Waals surface area contributed by atoms with Crippen LogP contribution in [0.5, 0.6) is 5.75 Å². The minimum absolute atomic E-state index is 0.0943. The van der Waals surface area contributed by atoms with E-state index in [9.17, 15) is 9.59 Å². The van der Waals surface area contributed by atoms with E-state index in [1.807, 2.05) is 44.2 Å². The average molecular weight is 453 g/mol. The Morgan fingerprint density at radius 1 is 1.03 bits per heavy atom. The fraction of sp³-hybridized carbons (Fsp3) is 0.182. The van der Waals surface area contributed by atoms with Crippen molar-refractivity contribution in [3.05, 3.63) is 64.7 Å². The molecular weight excluding hydrogens is 432 g/mol. The molecule has 2 N–H and O–H groups in total. The highest BCUT2D eigenvalue weighted by atomic mass is 32.1. The number of carbonyl (C=O) groups is 2. The molecule has 2 aromatic heterocycles. The number of thiazole rings is 2. The van der Waals surface area contributed by atoms with E-state index in [0.717, 1.165) is 21.5 Å². The molecule has 0 radical (unpaired) electrons. The van der Waals surface area contributed by atoms with Crippen LogP contribution in [0.3, 0.4) is 0 Å². The number of ether oxygens (including phenoxy) is 1. The third-order valence-electron chi connectivity index (χ3n) is 4.34. The van der Waals surface area contributed by atoms with Crippen molar-refractivity contribution in [3.8, 4) is 5.75 Å². The maximum absolute atomic E-state index is 12.4. The van der Waals surface area contributed by atoms with Crippen molar-refractivity contribution >= 4 is 55.0 Å². The van der Waals surface area contributed by atoms with E-state index in [1.54, 1.807) is 17.5 Å². The van der Waals surface area contributed by atoms with Crippen molar-refractivity contribution in [2.24, 2.45) is 0 Å². The minimum atomic E-state index is -0.230. The summed E-state index contributed by atoms with van der Waals surface area (Å²) in [6, 6.07) is 12.9. The topological polar surface area (TPSA) is 93.2 Å². The molecule has 9 heteroatoms. The van der Waals surface area contributed by atoms with Crippen LogP contribution in [0.15, 0.2) is 47.8 Å². The Labute approximate surface area is 187 Å². The minimum Gasteiger partial charge on any atom is -0.494 e. The van der Waals surface area contributed by atoms with Crippen molar-refractivity contribution in [1.29, 1.82) is 0 Å². The molecule has 2 heterocycles. The Morgan fingerprint density at radius 3 is 2.61 bits per heavy atom. The SMILES string of the molecule is CCOc1ccc2nc(NC(=O)Cc3csc(NC(=O)c4ccc(C)cc4)n3)sc2c1. The number of aromatic nitrogens is 2. The molecule has 0 saturated heterocycles. The molecule has 0 atom stereocenters. The molecule has 2 aromatic carbocycles. The van der Waals surface area contributed by atoms with Gasteiger partial charge in [0.25, 0.3) is 5.91 Å². The Kier molecular flexibility index (Phi) is 6.24. The average Bonchev–Trinajstić information content (AvgIpc) is 3.34. The predicted octanol–water partition coefficient (Wildman–Crippen LogP) is 4.89. The Bertz CT molecular complexity index is 1230. The monoisotopic (exact) mass is 452 g/mol. The molecule has 2 amide bonds. The molecule has 0 aliphatic rings. The van der Waals surface area contributed by atoms with Gasteiger partial charge in [0.05, 0.1) is 28.9 Å². The molecule has 0 bridgehead atoms. The number of benzene rings is 2. The zero-order valence-corrected chi connectivity index (χ0v) is 18.6. The number of hydrogen-bond donors (Lipinski definition) is 2. The lowest BCUT2D eigenvalue weighted by atomic mass is 10.1. The summed E-state index contributed by atoms with van der Waals surface area (Å²) in [6.45, 7) is 4.49. The maximum Gasteiger partial charge on any atom is 0.257 e. The number of hydrogen-bond acceptors (Lipinski definition) is 7. The molecule has 0 fully saturated rings. The second-order valence-corrected chi connectivity index (χ2v) is 8.66. The van der Waals surface area contributed by atoms with E-state index >= 15 is 0 Å². The first-order valence-electron chi connectivity index (χ1n) is 9.66. The molecule has 31 heavy (non-hydrogen) atoms. The van der Waals surface area contributed by atoms with Gasteiger partial charge in [-0.25, -0.2) is 9.97 Å². The van der Waals surface area contributed by atoms with E-state index in [0.29, 0.717) is 28.1 Å². The smallest absolute Gasteiger partial charge is 0.257 e. The molecule has 0 saturated carbocycles. The van der Waals surface area contributed by atoms with E-state index in [2.05, 4.69) is 20.6 Å². The molecule has 7 nitrogen and oxygen atoms in total. The largest absolute Gasteiger partial charge is 0.494 e. The van der Waals surface area contributed by atoms with Gasteiger partial charge in [-0.15, -0.1) is 11.3 Å². The third-order valence-corrected chi connectivity index (χ3v) is 6.09. The Morgan fingerprint density at radius 2 is 1.84 bits per heavy atom. The van der Waals surface area contributed by atoms with Gasteiger partial charge in [0.1, 0.15) is 5.75 Å². The van der Waals surface area contributed by atoms with Crippen LogP contribution in [-0.4, -0.2) is 28.4 Å². The predicted molar refractivity (Wildman–Crippen MR) is 124 cm³/mol. The van der Waals surface area contributed by atoms with Gasteiger partial charge < -0.3 is 10.1 Å². The maximum atomic E-state index is 12.4. The number of fused-ring (bicyclic) bond motifs is 1. The summed E-state index contributed by atoms with van der Waals surface area (Å²) in [5.41, 5.74) is 3.03. The molecule has 158 valence electrons. The summed E-state index contributed by atoms with van der Waals surface area (Å²) in [7, 11) is 0. The van der Waals surface area contributed by atoms with Crippen LogP contribution in [0.4, 0.5) is 10.3 Å². The highest BCUT2D eigenvalue weighted by Gasteiger charge is 2.13. The Balaban J connectivity index is 1.36. The quantitative estimate of drug-likeness (QED) is 0.416. The summed E-state index contributed by atoms with van der Waals surface area (Å²) in [4.78, 5) is 33.5. The number of carbonyl (C=O) groups excluding carboxylic acids is 2. The zero-order valence-electron chi connectivity index (χ0n) is 17.0. The first kappa shape index (κ1) is 21.0. The normalized spacial score (nSPS) is 10.8. The van der Waals surface area contributed by atoms with Crippen LogP contribution in [0.2, 0.25) is 0 Å². The van der Waals surface area contributed by atoms with Crippen molar-refractivity contribution in [3.63, 3.8) is 0 Å². The van der Waals surface area contributed by atoms with Crippen molar-refractivity contribution in [1.82, 2.24) is 9.97 Å². The van der Waals surface area contributed by atoms with Gasteiger partial charge in [-0.2, -0.15) is 0 Å². The lowest BCUT2D eigenvalue weighted by Crippen LogP contribution is -2.15.